The van der Waals surface area contributed by atoms with Crippen molar-refractivity contribution in [3.05, 3.63) is 35.9 Å². The summed E-state index contributed by atoms with van der Waals surface area (Å²) in [4.78, 5) is 0. The van der Waals surface area contributed by atoms with Crippen LogP contribution in [0.3, 0.4) is 0 Å². The van der Waals surface area contributed by atoms with Gasteiger partial charge in [-0.3, -0.25) is 0 Å². The molecule has 0 saturated heterocycles. The van der Waals surface area contributed by atoms with Crippen molar-refractivity contribution in [2.75, 3.05) is 0 Å². The van der Waals surface area contributed by atoms with E-state index < -0.39 is 71.3 Å². The van der Waals surface area contributed by atoms with Crippen LogP contribution < -0.4 is 0 Å². The van der Waals surface area contributed by atoms with Gasteiger partial charge >= 0.3 is 47.9 Å². The monoisotopic (exact) mass is 684 g/mol. The molecule has 0 spiro atoms. The number of hydrogen-bond acceptors (Lipinski definition) is 0. The van der Waals surface area contributed by atoms with Crippen LogP contribution in [0.25, 0.3) is 0 Å². The Kier molecular flexibility index (Phi) is 9.19. The largest absolute Gasteiger partial charge is 0.437 e. The number of rotatable bonds is 5. The van der Waals surface area contributed by atoms with Crippen LogP contribution in [-0.4, -0.2) is 96.8 Å². The molecule has 0 N–H and O–H groups in total. The van der Waals surface area contributed by atoms with Crippen molar-refractivity contribution >= 4 is 48.9 Å². The zero-order valence-corrected chi connectivity index (χ0v) is 20.2. The maximum Gasteiger partial charge on any atom is 0.437 e. The minimum Gasteiger partial charge on any atom is -0.221 e. The van der Waals surface area contributed by atoms with Crippen molar-refractivity contribution in [3.8, 4) is 0 Å². The predicted molar refractivity (Wildman–Crippen MR) is 76.8 cm³/mol. The minimum atomic E-state index is -9.20. The van der Waals surface area contributed by atoms with E-state index in [1.165, 1.54) is 0 Å². The Morgan fingerprint density at radius 3 is 0.943 bits per heavy atom. The van der Waals surface area contributed by atoms with Gasteiger partial charge in [0, 0.05) is 54.4 Å². The van der Waals surface area contributed by atoms with Gasteiger partial charge in [0.1, 0.15) is 0 Å². The van der Waals surface area contributed by atoms with Crippen LogP contribution in [-0.2, 0) is 5.67 Å². The summed E-state index contributed by atoms with van der Waals surface area (Å²) < 4.78 is 254. The molecular weight excluding hydrogens is 678 g/mol. The number of benzene rings is 1. The predicted octanol–water partition coefficient (Wildman–Crippen LogP) is 7.41. The zero-order valence-electron chi connectivity index (χ0n) is 15.8. The number of hydrogen-bond donors (Lipinski definition) is 0. The van der Waals surface area contributed by atoms with Gasteiger partial charge in [0.05, 0.1) is 0 Å². The third kappa shape index (κ3) is 4.53. The molecule has 2 atom stereocenters. The Morgan fingerprint density at radius 1 is 0.371 bits per heavy atom. The van der Waals surface area contributed by atoms with E-state index in [0.717, 1.165) is 0 Å². The van der Waals surface area contributed by atoms with Gasteiger partial charge in [-0.25, -0.2) is 13.2 Å². The van der Waals surface area contributed by atoms with E-state index in [4.69, 9.17) is 0 Å². The van der Waals surface area contributed by atoms with Crippen LogP contribution in [0.15, 0.2) is 30.3 Å². The Balaban J connectivity index is 0.0000116. The molecule has 200 valence electrons. The summed E-state index contributed by atoms with van der Waals surface area (Å²) in [5, 5.41) is 0. The van der Waals surface area contributed by atoms with Crippen molar-refractivity contribution in [2.24, 2.45) is 0 Å². The van der Waals surface area contributed by atoms with Crippen LogP contribution in [0.5, 0.6) is 0 Å². The van der Waals surface area contributed by atoms with Crippen molar-refractivity contribution in [2.45, 2.75) is 53.6 Å². The molecule has 20 heteroatoms. The molecule has 0 saturated carbocycles. The topological polar surface area (TPSA) is 0 Å². The fraction of sp³-hybridized carbons (Fsp3) is 0.600. The Labute approximate surface area is 220 Å². The summed E-state index contributed by atoms with van der Waals surface area (Å²) in [6, 6.07) is -0.234. The summed E-state index contributed by atoms with van der Waals surface area (Å²) in [5.41, 5.74) is -28.2. The molecule has 0 aliphatic carbocycles. The molecular formula is C15H5BaF19. The first-order chi connectivity index (χ1) is 14.6. The third-order valence-corrected chi connectivity index (χ3v) is 4.46. The normalized spacial score (nSPS) is 18.4. The van der Waals surface area contributed by atoms with E-state index in [-0.39, 0.29) is 61.0 Å². The average molecular weight is 683 g/mol. The van der Waals surface area contributed by atoms with Gasteiger partial charge in [-0.15, -0.1) is 0 Å². The van der Waals surface area contributed by atoms with Gasteiger partial charge in [-0.1, -0.05) is 30.3 Å². The zero-order chi connectivity index (χ0) is 27.6. The van der Waals surface area contributed by atoms with Crippen LogP contribution in [0.2, 0.25) is 0 Å². The van der Waals surface area contributed by atoms with E-state index >= 15 is 0 Å². The summed E-state index contributed by atoms with van der Waals surface area (Å²) >= 11 is 0. The maximum absolute atomic E-state index is 14.7. The second-order valence-corrected chi connectivity index (χ2v) is 6.48. The molecule has 1 aromatic rings. The SMILES string of the molecule is FC(F)(F)C(F)(c1ccccc1)C(F)(F)C(F)(C(F)(F)F)C(F)(F)C(F)(C(F)(F)F)C(F)(F)F.[Ba]. The molecule has 0 nitrogen and oxygen atoms in total. The average Bonchev–Trinajstić information content (AvgIpc) is 2.62. The third-order valence-electron chi connectivity index (χ3n) is 4.46. The molecule has 2 unspecified atom stereocenters. The van der Waals surface area contributed by atoms with Crippen LogP contribution in [0, 0.1) is 0 Å². The van der Waals surface area contributed by atoms with E-state index in [0.29, 0.717) is 6.07 Å². The van der Waals surface area contributed by atoms with Crippen LogP contribution in [0.1, 0.15) is 5.56 Å². The standard InChI is InChI=1S/C15H5F19.Ba/c16-7(12(23,24)25,6-4-2-1-3-5-6)10(19,20)8(17,13(26,27)28)11(21,22)9(18,14(29,30)31)15(32,33)34;/h1-5H;. The Morgan fingerprint density at radius 2 is 0.686 bits per heavy atom. The Hall–Kier alpha value is -0.539. The number of halogens is 19. The van der Waals surface area contributed by atoms with E-state index in [1.807, 2.05) is 0 Å². The fourth-order valence-corrected chi connectivity index (χ4v) is 2.74. The first-order valence-corrected chi connectivity index (χ1v) is 7.75. The minimum absolute atomic E-state index is 0. The van der Waals surface area contributed by atoms with Gasteiger partial charge in [-0.2, -0.15) is 70.2 Å². The molecule has 0 aliphatic rings. The van der Waals surface area contributed by atoms with E-state index in [2.05, 4.69) is 0 Å². The van der Waals surface area contributed by atoms with Crippen molar-refractivity contribution in [3.63, 3.8) is 0 Å². The van der Waals surface area contributed by atoms with Gasteiger partial charge < -0.3 is 0 Å². The quantitative estimate of drug-likeness (QED) is 0.224. The van der Waals surface area contributed by atoms with Gasteiger partial charge in [0.25, 0.3) is 5.67 Å². The molecule has 1 rings (SSSR count). The van der Waals surface area contributed by atoms with E-state index in [1.54, 1.807) is 0 Å². The summed E-state index contributed by atoms with van der Waals surface area (Å²) in [5.74, 6) is -17.8. The molecule has 0 aromatic heterocycles. The molecule has 0 aliphatic heterocycles. The first kappa shape index (κ1) is 34.5. The van der Waals surface area contributed by atoms with Crippen molar-refractivity contribution in [1.29, 1.82) is 0 Å². The number of alkyl halides is 19. The Bertz CT molecular complexity index is 849. The fourth-order valence-electron chi connectivity index (χ4n) is 2.74. The summed E-state index contributed by atoms with van der Waals surface area (Å²) in [7, 11) is 0. The van der Waals surface area contributed by atoms with Crippen LogP contribution in [0.4, 0.5) is 83.4 Å². The second kappa shape index (κ2) is 9.33. The maximum atomic E-state index is 14.7. The second-order valence-electron chi connectivity index (χ2n) is 6.48. The molecule has 0 amide bonds. The van der Waals surface area contributed by atoms with Crippen molar-refractivity contribution in [1.82, 2.24) is 0 Å². The van der Waals surface area contributed by atoms with Crippen molar-refractivity contribution < 1.29 is 83.4 Å². The molecule has 35 heavy (non-hydrogen) atoms. The summed E-state index contributed by atoms with van der Waals surface area (Å²) in [6.45, 7) is 0. The molecule has 2 radical (unpaired) electrons. The molecule has 0 bridgehead atoms. The van der Waals surface area contributed by atoms with E-state index in [9.17, 15) is 83.4 Å². The first-order valence-electron chi connectivity index (χ1n) is 7.75. The molecule has 0 heterocycles. The van der Waals surface area contributed by atoms with Gasteiger partial charge in [0.2, 0.25) is 0 Å². The van der Waals surface area contributed by atoms with Crippen LogP contribution >= 0.6 is 0 Å². The van der Waals surface area contributed by atoms with Gasteiger partial charge in [-0.05, 0) is 0 Å². The smallest absolute Gasteiger partial charge is 0.221 e. The summed E-state index contributed by atoms with van der Waals surface area (Å²) in [6.07, 6.45) is -33.0. The molecule has 1 aromatic carbocycles. The molecule has 0 fully saturated rings. The van der Waals surface area contributed by atoms with Gasteiger partial charge in [0.15, 0.2) is 0 Å².